The number of halogens is 2. The van der Waals surface area contributed by atoms with Gasteiger partial charge < -0.3 is 24.8 Å². The van der Waals surface area contributed by atoms with E-state index in [4.69, 9.17) is 0 Å². The SMILES string of the molecule is CC(C)(C)c1cc2c(cc1-c1ccccc1)[CH]([Zr+2]([C]1=CC=CC1)=[C](c1ccc3ccccc3c1)c1ccc3ccccc3c1)c1cc(-c3ccccc3)c(C(C)(C)C)cc1-2.[Cl-].[Cl-]. The van der Waals surface area contributed by atoms with Gasteiger partial charge in [-0.25, -0.2) is 0 Å². The molecule has 62 heavy (non-hydrogen) atoms. The molecule has 0 N–H and O–H groups in total. The molecular weight excluding hydrogens is 871 g/mol. The fourth-order valence-electron chi connectivity index (χ4n) is 9.91. The first-order chi connectivity index (χ1) is 29.0. The molecule has 0 bridgehead atoms. The molecule has 0 atom stereocenters. The first-order valence-electron chi connectivity index (χ1n) is 21.6. The van der Waals surface area contributed by atoms with Gasteiger partial charge >= 0.3 is 367 Å². The molecule has 0 aromatic heterocycles. The summed E-state index contributed by atoms with van der Waals surface area (Å²) in [5.41, 5.74) is 16.6. The zero-order valence-corrected chi connectivity index (χ0v) is 40.4. The molecule has 0 fully saturated rings. The molecule has 0 aliphatic heterocycles. The van der Waals surface area contributed by atoms with Crippen LogP contribution in [0.1, 0.15) is 85.0 Å². The summed E-state index contributed by atoms with van der Waals surface area (Å²) in [6.07, 6.45) is 8.26. The van der Waals surface area contributed by atoms with E-state index in [1.807, 2.05) is 0 Å². The monoisotopic (exact) mass is 920 g/mol. The van der Waals surface area contributed by atoms with Crippen LogP contribution in [0.5, 0.6) is 0 Å². The van der Waals surface area contributed by atoms with Crippen molar-refractivity contribution in [2.24, 2.45) is 0 Å². The van der Waals surface area contributed by atoms with Crippen LogP contribution in [0.3, 0.4) is 0 Å². The van der Waals surface area contributed by atoms with E-state index >= 15 is 0 Å². The number of benzene rings is 8. The van der Waals surface area contributed by atoms with E-state index in [9.17, 15) is 0 Å². The van der Waals surface area contributed by atoms with Gasteiger partial charge in [-0.15, -0.1) is 0 Å². The summed E-state index contributed by atoms with van der Waals surface area (Å²) in [4.78, 5) is 0. The van der Waals surface area contributed by atoms with Gasteiger partial charge in [0.25, 0.3) is 0 Å². The van der Waals surface area contributed by atoms with Crippen LogP contribution in [0.15, 0.2) is 191 Å². The number of fused-ring (bicyclic) bond motifs is 5. The molecule has 0 nitrogen and oxygen atoms in total. The molecule has 2 aliphatic rings. The average molecular weight is 923 g/mol. The van der Waals surface area contributed by atoms with Gasteiger partial charge in [0.05, 0.1) is 0 Å². The maximum absolute atomic E-state index is 3.10. The summed E-state index contributed by atoms with van der Waals surface area (Å²) in [5.74, 6) is 0. The van der Waals surface area contributed by atoms with Crippen LogP contribution in [0.2, 0.25) is 0 Å². The van der Waals surface area contributed by atoms with E-state index in [1.54, 1.807) is 6.49 Å². The molecule has 2 aliphatic carbocycles. The van der Waals surface area contributed by atoms with E-state index in [1.165, 1.54) is 88.3 Å². The number of hydrogen-bond donors (Lipinski definition) is 0. The van der Waals surface area contributed by atoms with E-state index in [2.05, 4.69) is 230 Å². The first kappa shape index (κ1) is 43.7. The van der Waals surface area contributed by atoms with Gasteiger partial charge in [-0.2, -0.15) is 0 Å². The van der Waals surface area contributed by atoms with Crippen molar-refractivity contribution in [3.63, 3.8) is 0 Å². The van der Waals surface area contributed by atoms with Crippen molar-refractivity contribution in [3.05, 3.63) is 225 Å². The number of hydrogen-bond acceptors (Lipinski definition) is 0. The predicted octanol–water partition coefficient (Wildman–Crippen LogP) is 9.73. The largest absolute Gasteiger partial charge is 1.00 e. The van der Waals surface area contributed by atoms with Crippen LogP contribution in [-0.2, 0) is 32.1 Å². The molecule has 0 amide bonds. The Kier molecular flexibility index (Phi) is 12.2. The normalized spacial score (nSPS) is 13.1. The number of rotatable bonds is 6. The summed E-state index contributed by atoms with van der Waals surface area (Å²) in [6.45, 7) is 14.3. The van der Waals surface area contributed by atoms with Crippen molar-refractivity contribution >= 4 is 24.8 Å². The second-order valence-corrected chi connectivity index (χ2v) is 25.1. The Labute approximate surface area is 388 Å². The van der Waals surface area contributed by atoms with Gasteiger partial charge in [0.15, 0.2) is 0 Å². The van der Waals surface area contributed by atoms with E-state index in [-0.39, 0.29) is 39.3 Å². The van der Waals surface area contributed by atoms with Gasteiger partial charge in [0.1, 0.15) is 0 Å². The molecule has 8 aromatic carbocycles. The van der Waals surface area contributed by atoms with Gasteiger partial charge in [0.2, 0.25) is 0 Å². The first-order valence-corrected chi connectivity index (χ1v) is 25.5. The molecule has 0 saturated carbocycles. The van der Waals surface area contributed by atoms with Crippen molar-refractivity contribution in [1.29, 1.82) is 0 Å². The van der Waals surface area contributed by atoms with Crippen molar-refractivity contribution < 1.29 is 46.1 Å². The molecular formula is C59H52Cl2Zr. The molecule has 0 unspecified atom stereocenters. The number of allylic oxidation sites excluding steroid dienone is 4. The third-order valence-corrected chi connectivity index (χ3v) is 21.1. The maximum Gasteiger partial charge on any atom is -1.00 e. The zero-order chi connectivity index (χ0) is 41.2. The van der Waals surface area contributed by atoms with Crippen molar-refractivity contribution in [1.82, 2.24) is 0 Å². The smallest absolute Gasteiger partial charge is 1.00 e. The summed E-state index contributed by atoms with van der Waals surface area (Å²) < 4.78 is 3.49. The fraction of sp³-hybridized carbons (Fsp3) is 0.169. The third kappa shape index (κ3) is 7.98. The molecule has 0 radical (unpaired) electrons. The second-order valence-electron chi connectivity index (χ2n) is 18.9. The second kappa shape index (κ2) is 17.3. The molecule has 0 spiro atoms. The molecule has 0 saturated heterocycles. The molecule has 306 valence electrons. The quantitative estimate of drug-likeness (QED) is 0.156. The minimum Gasteiger partial charge on any atom is -1.00 e. The van der Waals surface area contributed by atoms with Crippen molar-refractivity contribution in [2.45, 2.75) is 62.4 Å². The summed E-state index contributed by atoms with van der Waals surface area (Å²) >= 11 is -3.10. The Bertz CT molecular complexity index is 2880. The Morgan fingerprint density at radius 1 is 0.452 bits per heavy atom. The Balaban J connectivity index is 0.00000264. The molecule has 10 rings (SSSR count). The third-order valence-electron chi connectivity index (χ3n) is 12.8. The van der Waals surface area contributed by atoms with Gasteiger partial charge in [0, 0.05) is 0 Å². The van der Waals surface area contributed by atoms with Crippen LogP contribution >= 0.6 is 0 Å². The van der Waals surface area contributed by atoms with Gasteiger partial charge in [-0.1, -0.05) is 0 Å². The summed E-state index contributed by atoms with van der Waals surface area (Å²) in [6, 6.07) is 65.2. The standard InChI is InChI=1S/C33H33.C21H14.C5H5.2ClH.Zr/c1-32(2,3)30-20-26-24(18-28(30)22-13-9-7-10-14-22)17-25-19-29(23-15-11-8-12-16-23)31(21-27(25)26)33(4,5)6;1-3-7-20-14-16(9-11-18(20)5-1)13-17-10-12-19-6-2-4-8-21(19)15-17;1-2-4-5-3-1;;;/h7-21H,1-6H3;1-12,14-15H;1-3H,4H2;2*1H;/q;;;;;+2/p-2. The van der Waals surface area contributed by atoms with E-state index in [0.717, 1.165) is 6.42 Å². The van der Waals surface area contributed by atoms with Crippen LogP contribution in [0, 0.1) is 0 Å². The van der Waals surface area contributed by atoms with E-state index < -0.39 is 21.3 Å². The zero-order valence-electron chi connectivity index (χ0n) is 36.4. The Morgan fingerprint density at radius 3 is 1.27 bits per heavy atom. The van der Waals surface area contributed by atoms with Crippen molar-refractivity contribution in [3.8, 4) is 33.4 Å². The predicted molar refractivity (Wildman–Crippen MR) is 255 cm³/mol. The minimum atomic E-state index is -3.10. The van der Waals surface area contributed by atoms with Gasteiger partial charge in [-0.05, 0) is 0 Å². The maximum atomic E-state index is 2.65. The minimum absolute atomic E-state index is 0. The topological polar surface area (TPSA) is 0 Å². The van der Waals surface area contributed by atoms with Crippen LogP contribution in [0.25, 0.3) is 54.9 Å². The summed E-state index contributed by atoms with van der Waals surface area (Å²) in [7, 11) is 0. The Hall–Kier alpha value is -4.91. The molecule has 0 heterocycles. The van der Waals surface area contributed by atoms with Crippen molar-refractivity contribution in [2.75, 3.05) is 0 Å². The van der Waals surface area contributed by atoms with Crippen LogP contribution in [0.4, 0.5) is 0 Å². The molecule has 3 heteroatoms. The van der Waals surface area contributed by atoms with Gasteiger partial charge in [-0.3, -0.25) is 0 Å². The average Bonchev–Trinajstić information content (AvgIpc) is 3.91. The fourth-order valence-corrected chi connectivity index (χ4v) is 18.8. The van der Waals surface area contributed by atoms with Crippen LogP contribution in [-0.4, -0.2) is 3.21 Å². The summed E-state index contributed by atoms with van der Waals surface area (Å²) in [5, 5.41) is 5.16. The van der Waals surface area contributed by atoms with Crippen LogP contribution < -0.4 is 24.8 Å². The Morgan fingerprint density at radius 2 is 0.871 bits per heavy atom. The van der Waals surface area contributed by atoms with E-state index in [0.29, 0.717) is 0 Å². The molecule has 8 aromatic rings.